The highest BCUT2D eigenvalue weighted by Gasteiger charge is 2.33. The van der Waals surface area contributed by atoms with Crippen LogP contribution in [0.2, 0.25) is 5.02 Å². The number of carbonyl (C=O) groups excluding carboxylic acids is 1. The summed E-state index contributed by atoms with van der Waals surface area (Å²) >= 11 is 6.07. The van der Waals surface area contributed by atoms with E-state index in [9.17, 15) is 13.2 Å². The van der Waals surface area contributed by atoms with Crippen LogP contribution < -0.4 is 5.32 Å². The van der Waals surface area contributed by atoms with Crippen LogP contribution in [-0.4, -0.2) is 38.3 Å². The molecule has 0 bridgehead atoms. The number of piperidine rings is 1. The maximum Gasteiger partial charge on any atom is 0.243 e. The van der Waals surface area contributed by atoms with Crippen molar-refractivity contribution in [2.75, 3.05) is 19.6 Å². The molecule has 1 aliphatic heterocycles. The lowest BCUT2D eigenvalue weighted by Crippen LogP contribution is -2.45. The van der Waals surface area contributed by atoms with Gasteiger partial charge in [-0.3, -0.25) is 4.79 Å². The number of benzene rings is 1. The van der Waals surface area contributed by atoms with E-state index in [0.717, 1.165) is 12.0 Å². The second-order valence-corrected chi connectivity index (χ2v) is 9.43. The number of hydrogen-bond acceptors (Lipinski definition) is 3. The standard InChI is InChI=1S/C18H27ClN2O3S/c1-13(2)8-9-20-18(22)15-5-4-10-21(12-15)25(23,24)16-7-6-14(3)17(19)11-16/h6-7,11,13,15H,4-5,8-10,12H2,1-3H3,(H,20,22). The predicted molar refractivity (Wildman–Crippen MR) is 100 cm³/mol. The molecule has 1 atom stereocenters. The first-order valence-electron chi connectivity index (χ1n) is 8.76. The van der Waals surface area contributed by atoms with Gasteiger partial charge in [0.2, 0.25) is 15.9 Å². The van der Waals surface area contributed by atoms with Crippen molar-refractivity contribution in [3.05, 3.63) is 28.8 Å². The van der Waals surface area contributed by atoms with Crippen molar-refractivity contribution in [1.82, 2.24) is 9.62 Å². The quantitative estimate of drug-likeness (QED) is 0.816. The van der Waals surface area contributed by atoms with Crippen molar-refractivity contribution in [3.63, 3.8) is 0 Å². The van der Waals surface area contributed by atoms with Crippen molar-refractivity contribution < 1.29 is 13.2 Å². The highest BCUT2D eigenvalue weighted by atomic mass is 35.5. The lowest BCUT2D eigenvalue weighted by molar-refractivity contribution is -0.126. The number of halogens is 1. The van der Waals surface area contributed by atoms with E-state index in [4.69, 9.17) is 11.6 Å². The molecule has 0 saturated carbocycles. The topological polar surface area (TPSA) is 66.5 Å². The zero-order chi connectivity index (χ0) is 18.6. The molecular formula is C18H27ClN2O3S. The van der Waals surface area contributed by atoms with Gasteiger partial charge >= 0.3 is 0 Å². The fraction of sp³-hybridized carbons (Fsp3) is 0.611. The molecule has 1 unspecified atom stereocenters. The van der Waals surface area contributed by atoms with E-state index in [2.05, 4.69) is 19.2 Å². The van der Waals surface area contributed by atoms with Gasteiger partial charge < -0.3 is 5.32 Å². The Kier molecular flexibility index (Phi) is 6.88. The number of nitrogens with zero attached hydrogens (tertiary/aromatic N) is 1. The van der Waals surface area contributed by atoms with E-state index >= 15 is 0 Å². The molecule has 140 valence electrons. The van der Waals surface area contributed by atoms with Crippen molar-refractivity contribution >= 4 is 27.5 Å². The van der Waals surface area contributed by atoms with Gasteiger partial charge in [0.1, 0.15) is 0 Å². The molecule has 5 nitrogen and oxygen atoms in total. The zero-order valence-corrected chi connectivity index (χ0v) is 16.7. The summed E-state index contributed by atoms with van der Waals surface area (Å²) in [6, 6.07) is 4.76. The average molecular weight is 387 g/mol. The smallest absolute Gasteiger partial charge is 0.243 e. The number of amides is 1. The van der Waals surface area contributed by atoms with Gasteiger partial charge in [-0.05, 0) is 49.8 Å². The summed E-state index contributed by atoms with van der Waals surface area (Å²) in [5.74, 6) is 0.175. The number of nitrogens with one attached hydrogen (secondary N) is 1. The first-order chi connectivity index (χ1) is 11.7. The number of hydrogen-bond donors (Lipinski definition) is 1. The molecule has 0 spiro atoms. The molecule has 0 aliphatic carbocycles. The average Bonchev–Trinajstić information content (AvgIpc) is 2.57. The van der Waals surface area contributed by atoms with Crippen LogP contribution in [0.4, 0.5) is 0 Å². The summed E-state index contributed by atoms with van der Waals surface area (Å²) in [7, 11) is -3.63. The van der Waals surface area contributed by atoms with Crippen molar-refractivity contribution in [3.8, 4) is 0 Å². The van der Waals surface area contributed by atoms with Gasteiger partial charge in [-0.1, -0.05) is 31.5 Å². The third-order valence-corrected chi connectivity index (χ3v) is 6.83. The van der Waals surface area contributed by atoms with Crippen LogP contribution in [-0.2, 0) is 14.8 Å². The van der Waals surface area contributed by atoms with Crippen LogP contribution in [0.5, 0.6) is 0 Å². The molecule has 1 fully saturated rings. The second kappa shape index (κ2) is 8.52. The molecule has 1 N–H and O–H groups in total. The van der Waals surface area contributed by atoms with E-state index in [0.29, 0.717) is 36.9 Å². The monoisotopic (exact) mass is 386 g/mol. The van der Waals surface area contributed by atoms with Crippen LogP contribution in [0.1, 0.15) is 38.7 Å². The summed E-state index contributed by atoms with van der Waals surface area (Å²) in [4.78, 5) is 12.5. The number of carbonyl (C=O) groups is 1. The zero-order valence-electron chi connectivity index (χ0n) is 15.1. The Hall–Kier alpha value is -1.11. The highest BCUT2D eigenvalue weighted by Crippen LogP contribution is 2.26. The molecular weight excluding hydrogens is 360 g/mol. The molecule has 7 heteroatoms. The molecule has 1 aromatic carbocycles. The van der Waals surface area contributed by atoms with E-state index in [1.165, 1.54) is 10.4 Å². The lowest BCUT2D eigenvalue weighted by Gasteiger charge is -2.31. The Morgan fingerprint density at radius 2 is 2.12 bits per heavy atom. The van der Waals surface area contributed by atoms with E-state index in [1.54, 1.807) is 12.1 Å². The predicted octanol–water partition coefficient (Wildman–Crippen LogP) is 3.21. The Morgan fingerprint density at radius 3 is 2.76 bits per heavy atom. The fourth-order valence-corrected chi connectivity index (χ4v) is 4.68. The summed E-state index contributed by atoms with van der Waals surface area (Å²) in [6.07, 6.45) is 2.32. The van der Waals surface area contributed by atoms with Gasteiger partial charge in [0.05, 0.1) is 10.8 Å². The number of sulfonamides is 1. The van der Waals surface area contributed by atoms with Crippen LogP contribution >= 0.6 is 11.6 Å². The van der Waals surface area contributed by atoms with E-state index in [-0.39, 0.29) is 23.3 Å². The lowest BCUT2D eigenvalue weighted by atomic mass is 9.98. The number of aryl methyl sites for hydroxylation is 1. The summed E-state index contributed by atoms with van der Waals surface area (Å²) in [5, 5.41) is 3.36. The van der Waals surface area contributed by atoms with E-state index < -0.39 is 10.0 Å². The van der Waals surface area contributed by atoms with Crippen molar-refractivity contribution in [2.45, 2.75) is 44.9 Å². The van der Waals surface area contributed by atoms with Crippen LogP contribution in [0, 0.1) is 18.8 Å². The minimum Gasteiger partial charge on any atom is -0.356 e. The van der Waals surface area contributed by atoms with E-state index in [1.807, 2.05) is 6.92 Å². The van der Waals surface area contributed by atoms with Crippen molar-refractivity contribution in [1.29, 1.82) is 0 Å². The van der Waals surface area contributed by atoms with Crippen LogP contribution in [0.3, 0.4) is 0 Å². The van der Waals surface area contributed by atoms with Gasteiger partial charge in [-0.25, -0.2) is 8.42 Å². The largest absolute Gasteiger partial charge is 0.356 e. The third kappa shape index (κ3) is 5.19. The van der Waals surface area contributed by atoms with Gasteiger partial charge in [0.25, 0.3) is 0 Å². The molecule has 0 aromatic heterocycles. The Balaban J connectivity index is 2.06. The van der Waals surface area contributed by atoms with Gasteiger partial charge in [-0.2, -0.15) is 4.31 Å². The van der Waals surface area contributed by atoms with Gasteiger partial charge in [-0.15, -0.1) is 0 Å². The van der Waals surface area contributed by atoms with Crippen LogP contribution in [0.25, 0.3) is 0 Å². The molecule has 1 amide bonds. The first kappa shape index (κ1) is 20.2. The molecule has 1 aromatic rings. The van der Waals surface area contributed by atoms with Crippen molar-refractivity contribution in [2.24, 2.45) is 11.8 Å². The molecule has 25 heavy (non-hydrogen) atoms. The summed E-state index contributed by atoms with van der Waals surface area (Å²) in [5.41, 5.74) is 0.835. The molecule has 1 aliphatic rings. The summed E-state index contributed by atoms with van der Waals surface area (Å²) < 4.78 is 27.1. The molecule has 2 rings (SSSR count). The van der Waals surface area contributed by atoms with Gasteiger partial charge in [0, 0.05) is 24.7 Å². The second-order valence-electron chi connectivity index (χ2n) is 7.09. The third-order valence-electron chi connectivity index (χ3n) is 4.56. The van der Waals surface area contributed by atoms with Gasteiger partial charge in [0.15, 0.2) is 0 Å². The fourth-order valence-electron chi connectivity index (χ4n) is 2.89. The Bertz CT molecular complexity index is 719. The highest BCUT2D eigenvalue weighted by molar-refractivity contribution is 7.89. The minimum absolute atomic E-state index is 0.0533. The minimum atomic E-state index is -3.63. The molecule has 1 saturated heterocycles. The number of rotatable bonds is 6. The molecule has 0 radical (unpaired) electrons. The maximum absolute atomic E-state index is 12.9. The Labute approximate surface area is 155 Å². The normalized spacial score (nSPS) is 19.2. The first-order valence-corrected chi connectivity index (χ1v) is 10.6. The SMILES string of the molecule is Cc1ccc(S(=O)(=O)N2CCCC(C(=O)NCCC(C)C)C2)cc1Cl. The Morgan fingerprint density at radius 1 is 1.40 bits per heavy atom. The maximum atomic E-state index is 12.9. The summed E-state index contributed by atoms with van der Waals surface area (Å²) in [6.45, 7) is 7.33. The molecule has 1 heterocycles. The van der Waals surface area contributed by atoms with Crippen LogP contribution in [0.15, 0.2) is 23.1 Å².